The number of carbonyl (C=O) groups excluding carboxylic acids is 1. The molecule has 0 bridgehead atoms. The van der Waals surface area contributed by atoms with Crippen LogP contribution in [-0.2, 0) is 11.2 Å². The van der Waals surface area contributed by atoms with Crippen molar-refractivity contribution in [2.75, 3.05) is 6.54 Å². The summed E-state index contributed by atoms with van der Waals surface area (Å²) in [6, 6.07) is 0. The molecule has 116 valence electrons. The minimum Gasteiger partial charge on any atom is -0.361 e. The van der Waals surface area contributed by atoms with Crippen molar-refractivity contribution in [1.29, 1.82) is 0 Å². The maximum Gasteiger partial charge on any atom is 0.225 e. The first kappa shape index (κ1) is 18.9. The molecule has 6 heteroatoms. The van der Waals surface area contributed by atoms with Crippen LogP contribution >= 0.6 is 12.4 Å². The third-order valence-electron chi connectivity index (χ3n) is 3.27. The fourth-order valence-corrected chi connectivity index (χ4v) is 2.38. The van der Waals surface area contributed by atoms with Crippen molar-refractivity contribution in [3.63, 3.8) is 0 Å². The zero-order valence-corrected chi connectivity index (χ0v) is 13.8. The van der Waals surface area contributed by atoms with Gasteiger partial charge in [0.25, 0.3) is 0 Å². The molecule has 1 amide bonds. The molecule has 20 heavy (non-hydrogen) atoms. The molecule has 0 saturated carbocycles. The number of aryl methyl sites for hydroxylation is 2. The van der Waals surface area contributed by atoms with Crippen molar-refractivity contribution >= 4 is 18.3 Å². The first-order valence-electron chi connectivity index (χ1n) is 6.70. The molecular weight excluding hydrogens is 278 g/mol. The largest absolute Gasteiger partial charge is 0.361 e. The van der Waals surface area contributed by atoms with Crippen molar-refractivity contribution in [2.24, 2.45) is 11.7 Å². The van der Waals surface area contributed by atoms with Crippen LogP contribution in [0.3, 0.4) is 0 Å². The average Bonchev–Trinajstić information content (AvgIpc) is 2.59. The Kier molecular flexibility index (Phi) is 7.23. The van der Waals surface area contributed by atoms with E-state index in [0.29, 0.717) is 18.2 Å². The minimum atomic E-state index is -0.357. The molecule has 0 spiro atoms. The molecule has 1 heterocycles. The van der Waals surface area contributed by atoms with E-state index in [1.807, 2.05) is 20.8 Å². The van der Waals surface area contributed by atoms with Gasteiger partial charge in [0.1, 0.15) is 5.76 Å². The molecule has 0 fully saturated rings. The molecule has 0 aromatic carbocycles. The van der Waals surface area contributed by atoms with Gasteiger partial charge in [-0.05, 0) is 33.1 Å². The number of halogens is 1. The fraction of sp³-hybridized carbons (Fsp3) is 0.714. The highest BCUT2D eigenvalue weighted by atomic mass is 35.5. The number of aromatic nitrogens is 1. The first-order chi connectivity index (χ1) is 8.77. The molecule has 0 aliphatic carbocycles. The normalized spacial score (nSPS) is 13.8. The Hall–Kier alpha value is -1.07. The van der Waals surface area contributed by atoms with E-state index in [0.717, 1.165) is 17.7 Å². The Labute approximate surface area is 127 Å². The summed E-state index contributed by atoms with van der Waals surface area (Å²) in [4.78, 5) is 12.1. The van der Waals surface area contributed by atoms with Crippen LogP contribution in [0, 0.1) is 19.8 Å². The second-order valence-electron chi connectivity index (χ2n) is 5.89. The number of amides is 1. The summed E-state index contributed by atoms with van der Waals surface area (Å²) in [5.41, 5.74) is 7.07. The molecule has 1 aromatic rings. The summed E-state index contributed by atoms with van der Waals surface area (Å²) >= 11 is 0. The molecule has 1 rings (SSSR count). The summed E-state index contributed by atoms with van der Waals surface area (Å²) in [5.74, 6) is 1.14. The Morgan fingerprint density at radius 3 is 2.45 bits per heavy atom. The quantitative estimate of drug-likeness (QED) is 0.843. The van der Waals surface area contributed by atoms with E-state index in [2.05, 4.69) is 24.3 Å². The van der Waals surface area contributed by atoms with E-state index in [4.69, 9.17) is 10.3 Å². The maximum atomic E-state index is 12.1. The number of nitrogens with two attached hydrogens (primary N) is 1. The number of hydrogen-bond donors (Lipinski definition) is 2. The molecule has 0 saturated heterocycles. The van der Waals surface area contributed by atoms with Crippen LogP contribution in [0.1, 0.15) is 44.2 Å². The van der Waals surface area contributed by atoms with Gasteiger partial charge < -0.3 is 15.6 Å². The number of carbonyl (C=O) groups is 1. The molecule has 0 aliphatic heterocycles. The van der Waals surface area contributed by atoms with E-state index in [1.54, 1.807) is 0 Å². The number of rotatable bonds is 6. The highest BCUT2D eigenvalue weighted by Gasteiger charge is 2.26. The van der Waals surface area contributed by atoms with E-state index in [1.165, 1.54) is 0 Å². The summed E-state index contributed by atoms with van der Waals surface area (Å²) < 4.78 is 5.06. The monoisotopic (exact) mass is 303 g/mol. The van der Waals surface area contributed by atoms with Gasteiger partial charge in [-0.25, -0.2) is 0 Å². The molecular formula is C14H26ClN3O2. The van der Waals surface area contributed by atoms with Gasteiger partial charge in [-0.15, -0.1) is 12.4 Å². The van der Waals surface area contributed by atoms with Gasteiger partial charge in [-0.3, -0.25) is 4.79 Å². The second-order valence-corrected chi connectivity index (χ2v) is 5.89. The van der Waals surface area contributed by atoms with Gasteiger partial charge >= 0.3 is 0 Å². The maximum absolute atomic E-state index is 12.1. The Balaban J connectivity index is 0.00000361. The van der Waals surface area contributed by atoms with Crippen LogP contribution in [0.5, 0.6) is 0 Å². The summed E-state index contributed by atoms with van der Waals surface area (Å²) in [7, 11) is 0. The molecule has 5 nitrogen and oxygen atoms in total. The average molecular weight is 304 g/mol. The van der Waals surface area contributed by atoms with Crippen LogP contribution in [0.4, 0.5) is 0 Å². The fourth-order valence-electron chi connectivity index (χ4n) is 2.38. The van der Waals surface area contributed by atoms with Gasteiger partial charge in [-0.1, -0.05) is 19.0 Å². The Morgan fingerprint density at radius 1 is 1.45 bits per heavy atom. The van der Waals surface area contributed by atoms with E-state index >= 15 is 0 Å². The molecule has 1 atom stereocenters. The Bertz CT molecular complexity index is 426. The predicted octanol–water partition coefficient (Wildman–Crippen LogP) is 2.14. The first-order valence-corrected chi connectivity index (χ1v) is 6.70. The van der Waals surface area contributed by atoms with Crippen LogP contribution in [0.2, 0.25) is 0 Å². The number of nitrogens with one attached hydrogen (secondary N) is 1. The van der Waals surface area contributed by atoms with Crippen molar-refractivity contribution in [1.82, 2.24) is 10.5 Å². The number of hydrogen-bond acceptors (Lipinski definition) is 4. The van der Waals surface area contributed by atoms with E-state index < -0.39 is 0 Å². The van der Waals surface area contributed by atoms with Crippen LogP contribution < -0.4 is 11.1 Å². The third kappa shape index (κ3) is 5.13. The molecule has 3 N–H and O–H groups in total. The zero-order chi connectivity index (χ0) is 14.6. The lowest BCUT2D eigenvalue weighted by molar-refractivity contribution is -0.122. The lowest BCUT2D eigenvalue weighted by atomic mass is 9.90. The predicted molar refractivity (Wildman–Crippen MR) is 82.0 cm³/mol. The van der Waals surface area contributed by atoms with Gasteiger partial charge in [-0.2, -0.15) is 0 Å². The van der Waals surface area contributed by atoms with Gasteiger partial charge in [0.15, 0.2) is 0 Å². The highest BCUT2D eigenvalue weighted by Crippen LogP contribution is 2.17. The van der Waals surface area contributed by atoms with Gasteiger partial charge in [0.2, 0.25) is 5.91 Å². The minimum absolute atomic E-state index is 0. The highest BCUT2D eigenvalue weighted by molar-refractivity contribution is 5.85. The van der Waals surface area contributed by atoms with Crippen molar-refractivity contribution < 1.29 is 9.32 Å². The summed E-state index contributed by atoms with van der Waals surface area (Å²) in [6.45, 7) is 10.3. The van der Waals surface area contributed by atoms with Crippen molar-refractivity contribution in [3.8, 4) is 0 Å². The smallest absolute Gasteiger partial charge is 0.225 e. The SMILES string of the molecule is Cc1noc(C)c1CC(=O)NC(C)(CN)CC(C)C.Cl. The number of nitrogens with zero attached hydrogens (tertiary/aromatic N) is 1. The van der Waals surface area contributed by atoms with Gasteiger partial charge in [0.05, 0.1) is 12.1 Å². The summed E-state index contributed by atoms with van der Waals surface area (Å²) in [5, 5.41) is 6.89. The lowest BCUT2D eigenvalue weighted by Crippen LogP contribution is -2.52. The zero-order valence-electron chi connectivity index (χ0n) is 12.9. The van der Waals surface area contributed by atoms with Crippen LogP contribution in [-0.4, -0.2) is 23.1 Å². The second kappa shape index (κ2) is 7.64. The Morgan fingerprint density at radius 2 is 2.05 bits per heavy atom. The summed E-state index contributed by atoms with van der Waals surface area (Å²) in [6.07, 6.45) is 1.14. The van der Waals surface area contributed by atoms with Crippen LogP contribution in [0.15, 0.2) is 4.52 Å². The topological polar surface area (TPSA) is 81.2 Å². The van der Waals surface area contributed by atoms with Crippen LogP contribution in [0.25, 0.3) is 0 Å². The van der Waals surface area contributed by atoms with Crippen molar-refractivity contribution in [3.05, 3.63) is 17.0 Å². The molecule has 1 aromatic heterocycles. The van der Waals surface area contributed by atoms with E-state index in [9.17, 15) is 4.79 Å². The van der Waals surface area contributed by atoms with Crippen molar-refractivity contribution in [2.45, 2.75) is 53.0 Å². The van der Waals surface area contributed by atoms with E-state index in [-0.39, 0.29) is 30.3 Å². The molecule has 1 unspecified atom stereocenters. The standard InChI is InChI=1S/C14H25N3O2.ClH/c1-9(2)7-14(5,8-15)16-13(18)6-12-10(3)17-19-11(12)4;/h9H,6-8,15H2,1-5H3,(H,16,18);1H. The van der Waals surface area contributed by atoms with Gasteiger partial charge in [0, 0.05) is 17.6 Å². The molecule has 0 radical (unpaired) electrons. The third-order valence-corrected chi connectivity index (χ3v) is 3.27. The lowest BCUT2D eigenvalue weighted by Gasteiger charge is -2.31. The molecule has 0 aliphatic rings.